The highest BCUT2D eigenvalue weighted by molar-refractivity contribution is 5.80. The largest absolute Gasteiger partial charge is 0.479 e. The third-order valence-electron chi connectivity index (χ3n) is 2.94. The number of carboxylic acid groups (broad SMARTS) is 1. The molecule has 0 bridgehead atoms. The standard InChI is InChI=1S/C14H17F2NO4/c1-14(21,13(19)20)8-17-12(18)4-2-3-9-5-6-10(15)11(16)7-9/h5-7,21H,2-4,8H2,1H3,(H,17,18)(H,19,20). The van der Waals surface area contributed by atoms with Crippen molar-refractivity contribution in [1.82, 2.24) is 5.32 Å². The number of aliphatic carboxylic acids is 1. The van der Waals surface area contributed by atoms with Crippen LogP contribution in [0.2, 0.25) is 0 Å². The van der Waals surface area contributed by atoms with Crippen molar-refractivity contribution in [2.24, 2.45) is 0 Å². The molecule has 1 amide bonds. The molecular formula is C14H17F2NO4. The van der Waals surface area contributed by atoms with E-state index in [2.05, 4.69) is 5.32 Å². The number of hydrogen-bond acceptors (Lipinski definition) is 3. The summed E-state index contributed by atoms with van der Waals surface area (Å²) in [6, 6.07) is 3.53. The fraction of sp³-hybridized carbons (Fsp3) is 0.429. The zero-order valence-corrected chi connectivity index (χ0v) is 11.5. The monoisotopic (exact) mass is 301 g/mol. The molecule has 1 aromatic rings. The van der Waals surface area contributed by atoms with Gasteiger partial charge in [0.05, 0.1) is 6.54 Å². The van der Waals surface area contributed by atoms with E-state index in [0.29, 0.717) is 18.4 Å². The summed E-state index contributed by atoms with van der Waals surface area (Å²) >= 11 is 0. The minimum absolute atomic E-state index is 0.0920. The van der Waals surface area contributed by atoms with E-state index in [4.69, 9.17) is 5.11 Å². The van der Waals surface area contributed by atoms with Crippen molar-refractivity contribution < 1.29 is 28.6 Å². The van der Waals surface area contributed by atoms with E-state index in [9.17, 15) is 23.5 Å². The summed E-state index contributed by atoms with van der Waals surface area (Å²) in [4.78, 5) is 22.1. The van der Waals surface area contributed by atoms with E-state index in [1.54, 1.807) is 0 Å². The lowest BCUT2D eigenvalue weighted by Gasteiger charge is -2.18. The molecule has 21 heavy (non-hydrogen) atoms. The summed E-state index contributed by atoms with van der Waals surface area (Å²) in [6.45, 7) is 0.684. The number of aliphatic hydroxyl groups is 1. The lowest BCUT2D eigenvalue weighted by molar-refractivity contribution is -0.156. The molecule has 116 valence electrons. The second-order valence-corrected chi connectivity index (χ2v) is 4.96. The van der Waals surface area contributed by atoms with Crippen molar-refractivity contribution in [3.05, 3.63) is 35.4 Å². The average Bonchev–Trinajstić information content (AvgIpc) is 2.40. The number of nitrogens with one attached hydrogen (secondary N) is 1. The Kier molecular flexibility index (Phi) is 5.78. The van der Waals surface area contributed by atoms with Crippen LogP contribution in [0.1, 0.15) is 25.3 Å². The molecule has 0 saturated heterocycles. The van der Waals surface area contributed by atoms with Crippen molar-refractivity contribution in [3.8, 4) is 0 Å². The van der Waals surface area contributed by atoms with Gasteiger partial charge in [-0.05, 0) is 37.5 Å². The molecule has 3 N–H and O–H groups in total. The van der Waals surface area contributed by atoms with Crippen molar-refractivity contribution in [1.29, 1.82) is 0 Å². The lowest BCUT2D eigenvalue weighted by atomic mass is 10.1. The molecule has 0 aliphatic heterocycles. The maximum Gasteiger partial charge on any atom is 0.337 e. The van der Waals surface area contributed by atoms with Crippen molar-refractivity contribution in [2.45, 2.75) is 31.8 Å². The van der Waals surface area contributed by atoms with Gasteiger partial charge in [-0.15, -0.1) is 0 Å². The first kappa shape index (κ1) is 17.0. The number of carboxylic acids is 1. The second-order valence-electron chi connectivity index (χ2n) is 4.96. The second kappa shape index (κ2) is 7.12. The zero-order chi connectivity index (χ0) is 16.0. The van der Waals surface area contributed by atoms with Crippen LogP contribution in [0.4, 0.5) is 8.78 Å². The zero-order valence-electron chi connectivity index (χ0n) is 11.5. The van der Waals surface area contributed by atoms with Crippen LogP contribution in [0.5, 0.6) is 0 Å². The Labute approximate surface area is 120 Å². The fourth-order valence-electron chi connectivity index (χ4n) is 1.58. The molecular weight excluding hydrogens is 284 g/mol. The number of hydrogen-bond donors (Lipinski definition) is 3. The maximum atomic E-state index is 13.0. The molecule has 0 aliphatic carbocycles. The number of benzene rings is 1. The van der Waals surface area contributed by atoms with E-state index in [1.807, 2.05) is 0 Å². The number of amides is 1. The van der Waals surface area contributed by atoms with Gasteiger partial charge in [-0.25, -0.2) is 13.6 Å². The molecule has 1 rings (SSSR count). The Morgan fingerprint density at radius 1 is 1.29 bits per heavy atom. The fourth-order valence-corrected chi connectivity index (χ4v) is 1.58. The van der Waals surface area contributed by atoms with E-state index in [0.717, 1.165) is 19.1 Å². The first-order valence-electron chi connectivity index (χ1n) is 6.39. The number of rotatable bonds is 7. The van der Waals surface area contributed by atoms with Crippen molar-refractivity contribution in [2.75, 3.05) is 6.54 Å². The number of aryl methyl sites for hydroxylation is 1. The molecule has 0 aliphatic rings. The molecule has 0 heterocycles. The van der Waals surface area contributed by atoms with Gasteiger partial charge < -0.3 is 15.5 Å². The minimum atomic E-state index is -2.02. The number of carbonyl (C=O) groups is 2. The summed E-state index contributed by atoms with van der Waals surface area (Å²) in [5.41, 5.74) is -1.45. The Bertz CT molecular complexity index is 532. The van der Waals surface area contributed by atoms with E-state index in [-0.39, 0.29) is 6.42 Å². The maximum absolute atomic E-state index is 13.0. The molecule has 1 unspecified atom stereocenters. The summed E-state index contributed by atoms with van der Waals surface area (Å²) in [7, 11) is 0. The summed E-state index contributed by atoms with van der Waals surface area (Å²) in [5.74, 6) is -3.70. The van der Waals surface area contributed by atoms with Crippen LogP contribution < -0.4 is 5.32 Å². The summed E-state index contributed by atoms with van der Waals surface area (Å²) in [6.07, 6.45) is 0.876. The van der Waals surface area contributed by atoms with Gasteiger partial charge in [-0.3, -0.25) is 4.79 Å². The summed E-state index contributed by atoms with van der Waals surface area (Å²) in [5, 5.41) is 20.4. The van der Waals surface area contributed by atoms with Crippen LogP contribution in [0.3, 0.4) is 0 Å². The Morgan fingerprint density at radius 2 is 1.95 bits per heavy atom. The minimum Gasteiger partial charge on any atom is -0.479 e. The number of carbonyl (C=O) groups excluding carboxylic acids is 1. The first-order valence-corrected chi connectivity index (χ1v) is 6.39. The Balaban J connectivity index is 2.34. The SMILES string of the molecule is CC(O)(CNC(=O)CCCc1ccc(F)c(F)c1)C(=O)O. The Morgan fingerprint density at radius 3 is 2.52 bits per heavy atom. The van der Waals surface area contributed by atoms with Crippen LogP contribution >= 0.6 is 0 Å². The van der Waals surface area contributed by atoms with Gasteiger partial charge in [-0.2, -0.15) is 0 Å². The van der Waals surface area contributed by atoms with Gasteiger partial charge in [0.25, 0.3) is 0 Å². The predicted octanol–water partition coefficient (Wildman–Crippen LogP) is 1.24. The topological polar surface area (TPSA) is 86.6 Å². The lowest BCUT2D eigenvalue weighted by Crippen LogP contribution is -2.46. The highest BCUT2D eigenvalue weighted by Gasteiger charge is 2.30. The molecule has 0 radical (unpaired) electrons. The van der Waals surface area contributed by atoms with Gasteiger partial charge in [-0.1, -0.05) is 6.07 Å². The first-order chi connectivity index (χ1) is 9.72. The molecule has 7 heteroatoms. The highest BCUT2D eigenvalue weighted by atomic mass is 19.2. The quantitative estimate of drug-likeness (QED) is 0.707. The van der Waals surface area contributed by atoms with Crippen LogP contribution in [-0.4, -0.2) is 34.2 Å². The van der Waals surface area contributed by atoms with Gasteiger partial charge in [0, 0.05) is 6.42 Å². The van der Waals surface area contributed by atoms with Crippen LogP contribution in [0.15, 0.2) is 18.2 Å². The predicted molar refractivity (Wildman–Crippen MR) is 70.6 cm³/mol. The van der Waals surface area contributed by atoms with E-state index in [1.165, 1.54) is 6.07 Å². The van der Waals surface area contributed by atoms with Gasteiger partial charge >= 0.3 is 5.97 Å². The molecule has 0 aromatic heterocycles. The molecule has 1 aromatic carbocycles. The van der Waals surface area contributed by atoms with E-state index < -0.39 is 35.7 Å². The van der Waals surface area contributed by atoms with Crippen molar-refractivity contribution >= 4 is 11.9 Å². The van der Waals surface area contributed by atoms with Crippen LogP contribution in [0.25, 0.3) is 0 Å². The normalized spacial score (nSPS) is 13.5. The smallest absolute Gasteiger partial charge is 0.337 e. The molecule has 0 fully saturated rings. The third kappa shape index (κ3) is 5.47. The van der Waals surface area contributed by atoms with Gasteiger partial charge in [0.2, 0.25) is 5.91 Å². The average molecular weight is 301 g/mol. The van der Waals surface area contributed by atoms with Gasteiger partial charge in [0.1, 0.15) is 0 Å². The van der Waals surface area contributed by atoms with Gasteiger partial charge in [0.15, 0.2) is 17.2 Å². The van der Waals surface area contributed by atoms with Crippen LogP contribution in [0, 0.1) is 11.6 Å². The van der Waals surface area contributed by atoms with Crippen molar-refractivity contribution in [3.63, 3.8) is 0 Å². The molecule has 0 spiro atoms. The van der Waals surface area contributed by atoms with E-state index >= 15 is 0 Å². The number of halogens is 2. The molecule has 1 atom stereocenters. The Hall–Kier alpha value is -2.02. The summed E-state index contributed by atoms with van der Waals surface area (Å²) < 4.78 is 25.7. The highest BCUT2D eigenvalue weighted by Crippen LogP contribution is 2.11. The molecule has 5 nitrogen and oxygen atoms in total. The van der Waals surface area contributed by atoms with Crippen LogP contribution in [-0.2, 0) is 16.0 Å². The third-order valence-corrected chi connectivity index (χ3v) is 2.94. The molecule has 0 saturated carbocycles.